The summed E-state index contributed by atoms with van der Waals surface area (Å²) < 4.78 is 0. The second kappa shape index (κ2) is 5.60. The molecule has 0 saturated carbocycles. The van der Waals surface area contributed by atoms with Crippen LogP contribution < -0.4 is 10.6 Å². The van der Waals surface area contributed by atoms with E-state index in [2.05, 4.69) is 35.9 Å². The minimum atomic E-state index is 0.428. The highest BCUT2D eigenvalue weighted by Crippen LogP contribution is 2.38. The van der Waals surface area contributed by atoms with Crippen molar-refractivity contribution in [1.29, 1.82) is 0 Å². The van der Waals surface area contributed by atoms with E-state index in [1.807, 2.05) is 18.3 Å². The molecule has 0 radical (unpaired) electrons. The quantitative estimate of drug-likeness (QED) is 0.879. The van der Waals surface area contributed by atoms with Gasteiger partial charge in [0.1, 0.15) is 4.99 Å². The standard InChI is InChI=1S/C17H21N3S/c1-3-12-9-8-11(2)20(12)16-13-6-4-5-7-15(13)19-10-14(16)17(18)21/h4-7,10-12H,3,8-9H2,1-2H3,(H2,18,21). The van der Waals surface area contributed by atoms with Gasteiger partial charge in [-0.15, -0.1) is 0 Å². The summed E-state index contributed by atoms with van der Waals surface area (Å²) in [7, 11) is 0. The average molecular weight is 299 g/mol. The molecule has 1 aliphatic heterocycles. The molecule has 0 amide bonds. The summed E-state index contributed by atoms with van der Waals surface area (Å²) in [5, 5.41) is 1.15. The van der Waals surface area contributed by atoms with Crippen LogP contribution in [0.15, 0.2) is 30.5 Å². The third-order valence-corrected chi connectivity index (χ3v) is 4.75. The second-order valence-electron chi connectivity index (χ2n) is 5.80. The van der Waals surface area contributed by atoms with Crippen molar-refractivity contribution in [2.45, 2.75) is 45.2 Å². The molecule has 2 unspecified atom stereocenters. The van der Waals surface area contributed by atoms with Gasteiger partial charge >= 0.3 is 0 Å². The third-order valence-electron chi connectivity index (χ3n) is 4.53. The van der Waals surface area contributed by atoms with E-state index in [1.54, 1.807) is 0 Å². The maximum absolute atomic E-state index is 5.97. The molecule has 1 aromatic heterocycles. The summed E-state index contributed by atoms with van der Waals surface area (Å²) in [6, 6.07) is 9.30. The number of aromatic nitrogens is 1. The van der Waals surface area contributed by atoms with Crippen molar-refractivity contribution in [3.05, 3.63) is 36.0 Å². The number of hydrogen-bond donors (Lipinski definition) is 1. The maximum Gasteiger partial charge on any atom is 0.107 e. The van der Waals surface area contributed by atoms with Gasteiger partial charge in [-0.3, -0.25) is 4.98 Å². The third kappa shape index (κ3) is 2.38. The van der Waals surface area contributed by atoms with Gasteiger partial charge in [-0.2, -0.15) is 0 Å². The predicted octanol–water partition coefficient (Wildman–Crippen LogP) is 3.64. The molecule has 2 atom stereocenters. The fourth-order valence-electron chi connectivity index (χ4n) is 3.46. The van der Waals surface area contributed by atoms with Crippen molar-refractivity contribution in [2.75, 3.05) is 4.90 Å². The average Bonchev–Trinajstić information content (AvgIpc) is 2.86. The van der Waals surface area contributed by atoms with Crippen LogP contribution in [0.1, 0.15) is 38.7 Å². The SMILES string of the molecule is CCC1CCC(C)N1c1c(C(N)=S)cnc2ccccc12. The highest BCUT2D eigenvalue weighted by molar-refractivity contribution is 7.80. The van der Waals surface area contributed by atoms with Crippen LogP contribution in [0, 0.1) is 0 Å². The first-order valence-corrected chi connectivity index (χ1v) is 8.00. The molecule has 0 bridgehead atoms. The zero-order valence-corrected chi connectivity index (χ0v) is 13.4. The Morgan fingerprint density at radius 2 is 2.14 bits per heavy atom. The normalized spacial score (nSPS) is 21.9. The number of thiocarbonyl (C=S) groups is 1. The summed E-state index contributed by atoms with van der Waals surface area (Å²) in [5.41, 5.74) is 9.04. The molecule has 110 valence electrons. The fourth-order valence-corrected chi connectivity index (χ4v) is 3.61. The molecular formula is C17H21N3S. The van der Waals surface area contributed by atoms with Gasteiger partial charge in [-0.1, -0.05) is 37.3 Å². The van der Waals surface area contributed by atoms with Crippen LogP contribution in [0.3, 0.4) is 0 Å². The Bertz CT molecular complexity index is 683. The topological polar surface area (TPSA) is 42.1 Å². The number of rotatable bonds is 3. The van der Waals surface area contributed by atoms with E-state index < -0.39 is 0 Å². The van der Waals surface area contributed by atoms with Crippen LogP contribution >= 0.6 is 12.2 Å². The maximum atomic E-state index is 5.97. The monoisotopic (exact) mass is 299 g/mol. The Kier molecular flexibility index (Phi) is 3.81. The first-order valence-electron chi connectivity index (χ1n) is 7.59. The highest BCUT2D eigenvalue weighted by atomic mass is 32.1. The molecule has 1 saturated heterocycles. The first kappa shape index (κ1) is 14.3. The van der Waals surface area contributed by atoms with Crippen molar-refractivity contribution < 1.29 is 0 Å². The zero-order chi connectivity index (χ0) is 15.0. The van der Waals surface area contributed by atoms with Gasteiger partial charge in [0.25, 0.3) is 0 Å². The highest BCUT2D eigenvalue weighted by Gasteiger charge is 2.32. The molecule has 2 aromatic rings. The molecule has 1 aliphatic rings. The van der Waals surface area contributed by atoms with Crippen LogP contribution in [0.2, 0.25) is 0 Å². The second-order valence-corrected chi connectivity index (χ2v) is 6.24. The van der Waals surface area contributed by atoms with E-state index >= 15 is 0 Å². The van der Waals surface area contributed by atoms with Crippen molar-refractivity contribution >= 4 is 33.8 Å². The number of anilines is 1. The number of nitrogens with zero attached hydrogens (tertiary/aromatic N) is 2. The lowest BCUT2D eigenvalue weighted by atomic mass is 10.1. The van der Waals surface area contributed by atoms with Gasteiger partial charge < -0.3 is 10.6 Å². The Morgan fingerprint density at radius 3 is 2.86 bits per heavy atom. The Balaban J connectivity index is 2.27. The van der Waals surface area contributed by atoms with Crippen molar-refractivity contribution in [1.82, 2.24) is 4.98 Å². The van der Waals surface area contributed by atoms with Crippen LogP contribution in [-0.2, 0) is 0 Å². The molecule has 4 heteroatoms. The molecule has 1 fully saturated rings. The predicted molar refractivity (Wildman–Crippen MR) is 92.9 cm³/mol. The van der Waals surface area contributed by atoms with Gasteiger partial charge in [-0.25, -0.2) is 0 Å². The minimum absolute atomic E-state index is 0.428. The van der Waals surface area contributed by atoms with Crippen LogP contribution in [0.25, 0.3) is 10.9 Å². The van der Waals surface area contributed by atoms with Crippen molar-refractivity contribution in [2.24, 2.45) is 5.73 Å². The van der Waals surface area contributed by atoms with Gasteiger partial charge in [0.05, 0.1) is 16.8 Å². The van der Waals surface area contributed by atoms with Gasteiger partial charge in [0.15, 0.2) is 0 Å². The molecule has 1 aromatic carbocycles. The summed E-state index contributed by atoms with van der Waals surface area (Å²) in [4.78, 5) is 7.46. The molecule has 3 rings (SSSR count). The largest absolute Gasteiger partial charge is 0.389 e. The van der Waals surface area contributed by atoms with Crippen LogP contribution in [0.4, 0.5) is 5.69 Å². The zero-order valence-electron chi connectivity index (χ0n) is 12.5. The molecule has 3 nitrogen and oxygen atoms in total. The lowest BCUT2D eigenvalue weighted by Crippen LogP contribution is -2.36. The van der Waals surface area contributed by atoms with E-state index in [0.717, 1.165) is 22.9 Å². The van der Waals surface area contributed by atoms with Gasteiger partial charge in [0, 0.05) is 23.7 Å². The van der Waals surface area contributed by atoms with Gasteiger partial charge in [-0.05, 0) is 32.3 Å². The van der Waals surface area contributed by atoms with E-state index in [9.17, 15) is 0 Å². The fraction of sp³-hybridized carbons (Fsp3) is 0.412. The minimum Gasteiger partial charge on any atom is -0.389 e. The number of nitrogens with two attached hydrogens (primary N) is 1. The van der Waals surface area contributed by atoms with Crippen molar-refractivity contribution in [3.63, 3.8) is 0 Å². The van der Waals surface area contributed by atoms with Crippen molar-refractivity contribution in [3.8, 4) is 0 Å². The van der Waals surface area contributed by atoms with Gasteiger partial charge in [0.2, 0.25) is 0 Å². The molecule has 21 heavy (non-hydrogen) atoms. The Hall–Kier alpha value is -1.68. The number of hydrogen-bond acceptors (Lipinski definition) is 3. The lowest BCUT2D eigenvalue weighted by molar-refractivity contribution is 0.629. The van der Waals surface area contributed by atoms with E-state index in [-0.39, 0.29) is 0 Å². The molecular weight excluding hydrogens is 278 g/mol. The first-order chi connectivity index (χ1) is 10.1. The number of para-hydroxylation sites is 1. The summed E-state index contributed by atoms with van der Waals surface area (Å²) in [6.07, 6.45) is 5.41. The molecule has 2 heterocycles. The summed E-state index contributed by atoms with van der Waals surface area (Å²) >= 11 is 5.27. The molecule has 2 N–H and O–H groups in total. The summed E-state index contributed by atoms with van der Waals surface area (Å²) in [6.45, 7) is 4.54. The number of pyridine rings is 1. The Morgan fingerprint density at radius 1 is 1.38 bits per heavy atom. The number of benzene rings is 1. The van der Waals surface area contributed by atoms with E-state index in [0.29, 0.717) is 17.1 Å². The summed E-state index contributed by atoms with van der Waals surface area (Å²) in [5.74, 6) is 0. The van der Waals surface area contributed by atoms with Crippen LogP contribution in [-0.4, -0.2) is 22.1 Å². The lowest BCUT2D eigenvalue weighted by Gasteiger charge is -2.33. The van der Waals surface area contributed by atoms with E-state index in [4.69, 9.17) is 18.0 Å². The number of fused-ring (bicyclic) bond motifs is 1. The van der Waals surface area contributed by atoms with Crippen LogP contribution in [0.5, 0.6) is 0 Å². The molecule has 0 aliphatic carbocycles. The van der Waals surface area contributed by atoms with E-state index in [1.165, 1.54) is 18.5 Å². The molecule has 0 spiro atoms. The smallest absolute Gasteiger partial charge is 0.107 e. The Labute approximate surface area is 131 Å².